The molecule has 86 valence electrons. The number of aromatic amines is 1. The van der Waals surface area contributed by atoms with Gasteiger partial charge < -0.3 is 5.73 Å². The van der Waals surface area contributed by atoms with Gasteiger partial charge in [0, 0.05) is 0 Å². The maximum Gasteiger partial charge on any atom is 0.163 e. The monoisotopic (exact) mass is 226 g/mol. The Morgan fingerprint density at radius 3 is 2.82 bits per heavy atom. The predicted octanol–water partition coefficient (Wildman–Crippen LogP) is 1.96. The van der Waals surface area contributed by atoms with Crippen LogP contribution in [-0.4, -0.2) is 10.2 Å². The van der Waals surface area contributed by atoms with Gasteiger partial charge in [-0.1, -0.05) is 24.3 Å². The fraction of sp³-hybridized carbons (Fsp3) is 0.231. The summed E-state index contributed by atoms with van der Waals surface area (Å²) in [5.41, 5.74) is 9.41. The third-order valence-corrected chi connectivity index (χ3v) is 2.89. The minimum absolute atomic E-state index is 0.285. The largest absolute Gasteiger partial charge is 0.381 e. The number of aromatic nitrogens is 2. The lowest BCUT2D eigenvalue weighted by Gasteiger charge is -2.04. The first-order valence-corrected chi connectivity index (χ1v) is 5.49. The van der Waals surface area contributed by atoms with E-state index in [1.165, 1.54) is 11.1 Å². The molecule has 2 rings (SSSR count). The van der Waals surface area contributed by atoms with Crippen LogP contribution in [-0.2, 0) is 12.8 Å². The average molecular weight is 226 g/mol. The van der Waals surface area contributed by atoms with Crippen LogP contribution in [0.25, 0.3) is 0 Å². The molecule has 0 aliphatic heterocycles. The minimum Gasteiger partial charge on any atom is -0.381 e. The van der Waals surface area contributed by atoms with E-state index in [-0.39, 0.29) is 5.82 Å². The molecule has 1 heterocycles. The number of anilines is 1. The SMILES string of the molecule is Cc1ccccc1CCc1[nH]nc(N)c1C#N. The fourth-order valence-electron chi connectivity index (χ4n) is 1.85. The van der Waals surface area contributed by atoms with Crippen LogP contribution in [0, 0.1) is 18.3 Å². The fourth-order valence-corrected chi connectivity index (χ4v) is 1.85. The van der Waals surface area contributed by atoms with E-state index in [1.807, 2.05) is 12.1 Å². The summed E-state index contributed by atoms with van der Waals surface area (Å²) in [6.45, 7) is 2.09. The quantitative estimate of drug-likeness (QED) is 0.839. The highest BCUT2D eigenvalue weighted by Crippen LogP contribution is 2.15. The van der Waals surface area contributed by atoms with Crippen LogP contribution in [0.2, 0.25) is 0 Å². The Labute approximate surface area is 100 Å². The van der Waals surface area contributed by atoms with Crippen LogP contribution in [0.5, 0.6) is 0 Å². The van der Waals surface area contributed by atoms with Crippen molar-refractivity contribution >= 4 is 5.82 Å². The number of nitrogen functional groups attached to an aromatic ring is 1. The number of hydrogen-bond donors (Lipinski definition) is 2. The lowest BCUT2D eigenvalue weighted by molar-refractivity contribution is 0.885. The number of H-pyrrole nitrogens is 1. The molecule has 3 N–H and O–H groups in total. The molecule has 0 unspecified atom stereocenters. The van der Waals surface area contributed by atoms with Crippen molar-refractivity contribution in [3.05, 3.63) is 46.6 Å². The summed E-state index contributed by atoms with van der Waals surface area (Å²) in [5, 5.41) is 15.6. The highest BCUT2D eigenvalue weighted by Gasteiger charge is 2.10. The zero-order valence-electron chi connectivity index (χ0n) is 9.70. The van der Waals surface area contributed by atoms with Gasteiger partial charge in [0.05, 0.1) is 5.69 Å². The molecule has 1 aromatic heterocycles. The number of nitrogens with two attached hydrogens (primary N) is 1. The number of rotatable bonds is 3. The summed E-state index contributed by atoms with van der Waals surface area (Å²) >= 11 is 0. The van der Waals surface area contributed by atoms with Gasteiger partial charge >= 0.3 is 0 Å². The molecule has 0 radical (unpaired) electrons. The maximum atomic E-state index is 8.95. The van der Waals surface area contributed by atoms with Gasteiger partial charge in [0.15, 0.2) is 5.82 Å². The number of hydrogen-bond acceptors (Lipinski definition) is 3. The van der Waals surface area contributed by atoms with Gasteiger partial charge in [0.1, 0.15) is 11.6 Å². The van der Waals surface area contributed by atoms with E-state index < -0.39 is 0 Å². The van der Waals surface area contributed by atoms with Crippen LogP contribution in [0.3, 0.4) is 0 Å². The molecular weight excluding hydrogens is 212 g/mol. The van der Waals surface area contributed by atoms with Crippen molar-refractivity contribution in [2.45, 2.75) is 19.8 Å². The molecule has 0 spiro atoms. The molecule has 0 fully saturated rings. The summed E-state index contributed by atoms with van der Waals surface area (Å²) in [6, 6.07) is 10.3. The smallest absolute Gasteiger partial charge is 0.163 e. The lowest BCUT2D eigenvalue weighted by atomic mass is 10.0. The van der Waals surface area contributed by atoms with E-state index in [2.05, 4.69) is 35.3 Å². The zero-order chi connectivity index (χ0) is 12.3. The first kappa shape index (κ1) is 11.2. The topological polar surface area (TPSA) is 78.5 Å². The van der Waals surface area contributed by atoms with Crippen molar-refractivity contribution in [1.82, 2.24) is 10.2 Å². The van der Waals surface area contributed by atoms with Crippen LogP contribution in [0.4, 0.5) is 5.82 Å². The molecule has 1 aromatic carbocycles. The standard InChI is InChI=1S/C13H14N4/c1-9-4-2-3-5-10(9)6-7-12-11(8-14)13(15)17-16-12/h2-5H,6-7H2,1H3,(H3,15,16,17). The second kappa shape index (κ2) is 4.71. The number of nitriles is 1. The second-order valence-corrected chi connectivity index (χ2v) is 4.00. The van der Waals surface area contributed by atoms with Crippen molar-refractivity contribution in [2.24, 2.45) is 0 Å². The van der Waals surface area contributed by atoms with E-state index in [1.54, 1.807) is 0 Å². The predicted molar refractivity (Wildman–Crippen MR) is 66.3 cm³/mol. The van der Waals surface area contributed by atoms with Crippen LogP contribution < -0.4 is 5.73 Å². The molecule has 0 amide bonds. The lowest BCUT2D eigenvalue weighted by Crippen LogP contribution is -1.96. The second-order valence-electron chi connectivity index (χ2n) is 4.00. The first-order chi connectivity index (χ1) is 8.22. The van der Waals surface area contributed by atoms with Crippen LogP contribution in [0.15, 0.2) is 24.3 Å². The molecule has 4 heteroatoms. The third kappa shape index (κ3) is 2.28. The van der Waals surface area contributed by atoms with Crippen molar-refractivity contribution in [3.8, 4) is 6.07 Å². The van der Waals surface area contributed by atoms with E-state index in [4.69, 9.17) is 11.0 Å². The van der Waals surface area contributed by atoms with E-state index in [0.29, 0.717) is 5.56 Å². The summed E-state index contributed by atoms with van der Waals surface area (Å²) in [5.74, 6) is 0.285. The van der Waals surface area contributed by atoms with E-state index in [9.17, 15) is 0 Å². The Balaban J connectivity index is 2.13. The number of benzene rings is 1. The van der Waals surface area contributed by atoms with Crippen molar-refractivity contribution in [3.63, 3.8) is 0 Å². The number of aryl methyl sites for hydroxylation is 3. The molecule has 0 atom stereocenters. The normalized spacial score (nSPS) is 10.1. The molecule has 4 nitrogen and oxygen atoms in total. The highest BCUT2D eigenvalue weighted by molar-refractivity contribution is 5.51. The first-order valence-electron chi connectivity index (χ1n) is 5.49. The Kier molecular flexibility index (Phi) is 3.10. The Morgan fingerprint density at radius 2 is 2.12 bits per heavy atom. The zero-order valence-corrected chi connectivity index (χ0v) is 9.70. The summed E-state index contributed by atoms with van der Waals surface area (Å²) in [6.07, 6.45) is 1.63. The van der Waals surface area contributed by atoms with Gasteiger partial charge in [-0.05, 0) is 30.9 Å². The summed E-state index contributed by atoms with van der Waals surface area (Å²) < 4.78 is 0. The molecule has 0 bridgehead atoms. The molecule has 0 saturated heterocycles. The van der Waals surface area contributed by atoms with Gasteiger partial charge in [-0.25, -0.2) is 0 Å². The minimum atomic E-state index is 0.285. The van der Waals surface area contributed by atoms with Gasteiger partial charge in [-0.2, -0.15) is 10.4 Å². The molecule has 2 aromatic rings. The molecule has 0 aliphatic rings. The highest BCUT2D eigenvalue weighted by atomic mass is 15.2. The van der Waals surface area contributed by atoms with Gasteiger partial charge in [-0.15, -0.1) is 0 Å². The molecular formula is C13H14N4. The Hall–Kier alpha value is -2.28. The van der Waals surface area contributed by atoms with Crippen LogP contribution >= 0.6 is 0 Å². The van der Waals surface area contributed by atoms with Gasteiger partial charge in [0.25, 0.3) is 0 Å². The number of nitrogens with zero attached hydrogens (tertiary/aromatic N) is 2. The number of nitrogens with one attached hydrogen (secondary N) is 1. The maximum absolute atomic E-state index is 8.95. The van der Waals surface area contributed by atoms with Crippen molar-refractivity contribution in [1.29, 1.82) is 5.26 Å². The third-order valence-electron chi connectivity index (χ3n) is 2.89. The molecule has 17 heavy (non-hydrogen) atoms. The van der Waals surface area contributed by atoms with Gasteiger partial charge in [-0.3, -0.25) is 5.10 Å². The Morgan fingerprint density at radius 1 is 1.35 bits per heavy atom. The van der Waals surface area contributed by atoms with E-state index >= 15 is 0 Å². The van der Waals surface area contributed by atoms with Crippen molar-refractivity contribution < 1.29 is 0 Å². The molecule has 0 saturated carbocycles. The van der Waals surface area contributed by atoms with Crippen LogP contribution in [0.1, 0.15) is 22.4 Å². The van der Waals surface area contributed by atoms with Crippen molar-refractivity contribution in [2.75, 3.05) is 5.73 Å². The summed E-state index contributed by atoms with van der Waals surface area (Å²) in [4.78, 5) is 0. The van der Waals surface area contributed by atoms with E-state index in [0.717, 1.165) is 18.5 Å². The molecule has 0 aliphatic carbocycles. The van der Waals surface area contributed by atoms with Gasteiger partial charge in [0.2, 0.25) is 0 Å². The summed E-state index contributed by atoms with van der Waals surface area (Å²) in [7, 11) is 0. The average Bonchev–Trinajstić information content (AvgIpc) is 2.69. The Bertz CT molecular complexity index is 563.